The molecule has 0 atom stereocenters. The quantitative estimate of drug-likeness (QED) is 0.744. The van der Waals surface area contributed by atoms with Gasteiger partial charge in [-0.15, -0.1) is 0 Å². The van der Waals surface area contributed by atoms with Crippen LogP contribution in [0.2, 0.25) is 0 Å². The number of anilines is 1. The first-order valence-electron chi connectivity index (χ1n) is 6.10. The van der Waals surface area contributed by atoms with Crippen LogP contribution in [0.5, 0.6) is 0 Å². The first kappa shape index (κ1) is 17.5. The van der Waals surface area contributed by atoms with Gasteiger partial charge in [0.2, 0.25) is 10.0 Å². The summed E-state index contributed by atoms with van der Waals surface area (Å²) in [5.74, 6) is 4.60. The van der Waals surface area contributed by atoms with Gasteiger partial charge in [-0.1, -0.05) is 11.8 Å². The highest BCUT2D eigenvalue weighted by Gasteiger charge is 2.14. The minimum Gasteiger partial charge on any atom is -0.320 e. The molecule has 1 rings (SSSR count). The van der Waals surface area contributed by atoms with Crippen LogP contribution in [0.1, 0.15) is 11.1 Å². The zero-order valence-corrected chi connectivity index (χ0v) is 13.5. The maximum atomic E-state index is 11.9. The summed E-state index contributed by atoms with van der Waals surface area (Å²) >= 11 is 0. The van der Waals surface area contributed by atoms with Crippen LogP contribution in [0, 0.1) is 18.8 Å². The molecule has 0 aromatic heterocycles. The first-order chi connectivity index (χ1) is 9.61. The summed E-state index contributed by atoms with van der Waals surface area (Å²) in [6.45, 7) is 2.02. The van der Waals surface area contributed by atoms with Crippen LogP contribution in [0.15, 0.2) is 18.2 Å². The molecule has 0 bridgehead atoms. The lowest BCUT2D eigenvalue weighted by molar-refractivity contribution is 0.593. The van der Waals surface area contributed by atoms with Gasteiger partial charge < -0.3 is 5.73 Å². The van der Waals surface area contributed by atoms with Gasteiger partial charge >= 0.3 is 0 Å². The molecule has 3 N–H and O–H groups in total. The first-order valence-corrected chi connectivity index (χ1v) is 9.81. The summed E-state index contributed by atoms with van der Waals surface area (Å²) in [5, 5.41) is 0. The highest BCUT2D eigenvalue weighted by Crippen LogP contribution is 2.15. The predicted octanol–water partition coefficient (Wildman–Crippen LogP) is 0.0915. The molecule has 0 radical (unpaired) electrons. The molecule has 0 saturated heterocycles. The minimum absolute atomic E-state index is 0.212. The topological polar surface area (TPSA) is 106 Å². The number of nitrogens with two attached hydrogens (primary N) is 1. The van der Waals surface area contributed by atoms with E-state index in [9.17, 15) is 16.8 Å². The standard InChI is InChI=1S/C13H18N2O4S2/c1-11-8-12(4-3-5-14)10-13(9-11)15-21(18,19)7-6-20(2,16)17/h8-10,15H,5-7,14H2,1-2H3. The molecule has 0 aliphatic rings. The number of sulfonamides is 1. The maximum Gasteiger partial charge on any atom is 0.233 e. The van der Waals surface area contributed by atoms with E-state index in [1.807, 2.05) is 6.92 Å². The van der Waals surface area contributed by atoms with Crippen LogP contribution in [0.3, 0.4) is 0 Å². The Balaban J connectivity index is 2.94. The Morgan fingerprint density at radius 3 is 2.38 bits per heavy atom. The summed E-state index contributed by atoms with van der Waals surface area (Å²) in [7, 11) is -7.06. The lowest BCUT2D eigenvalue weighted by atomic mass is 10.1. The van der Waals surface area contributed by atoms with Crippen molar-refractivity contribution >= 4 is 25.5 Å². The Kier molecular flexibility index (Phi) is 5.78. The van der Waals surface area contributed by atoms with E-state index in [1.165, 1.54) is 0 Å². The Hall–Kier alpha value is -1.56. The fraction of sp³-hybridized carbons (Fsp3) is 0.385. The van der Waals surface area contributed by atoms with E-state index < -0.39 is 31.4 Å². The van der Waals surface area contributed by atoms with E-state index in [2.05, 4.69) is 16.6 Å². The Morgan fingerprint density at radius 2 is 1.81 bits per heavy atom. The van der Waals surface area contributed by atoms with Crippen molar-refractivity contribution in [3.63, 3.8) is 0 Å². The van der Waals surface area contributed by atoms with Gasteiger partial charge in [-0.05, 0) is 30.7 Å². The second-order valence-electron chi connectivity index (χ2n) is 4.64. The third kappa shape index (κ3) is 7.13. The number of benzene rings is 1. The van der Waals surface area contributed by atoms with E-state index in [0.717, 1.165) is 11.8 Å². The van der Waals surface area contributed by atoms with Crippen molar-refractivity contribution in [1.29, 1.82) is 0 Å². The van der Waals surface area contributed by atoms with E-state index in [1.54, 1.807) is 18.2 Å². The van der Waals surface area contributed by atoms with Crippen molar-refractivity contribution in [3.05, 3.63) is 29.3 Å². The Labute approximate surface area is 125 Å². The van der Waals surface area contributed by atoms with Crippen molar-refractivity contribution in [1.82, 2.24) is 0 Å². The van der Waals surface area contributed by atoms with Crippen molar-refractivity contribution in [3.8, 4) is 11.8 Å². The number of rotatable bonds is 5. The highest BCUT2D eigenvalue weighted by molar-refractivity contribution is 7.95. The molecule has 1 aromatic carbocycles. The Morgan fingerprint density at radius 1 is 1.14 bits per heavy atom. The molecule has 0 spiro atoms. The predicted molar refractivity (Wildman–Crippen MR) is 84.2 cm³/mol. The monoisotopic (exact) mass is 330 g/mol. The third-order valence-electron chi connectivity index (χ3n) is 2.41. The van der Waals surface area contributed by atoms with Crippen LogP contribution < -0.4 is 10.5 Å². The number of hydrogen-bond acceptors (Lipinski definition) is 5. The number of aryl methyl sites for hydroxylation is 1. The van der Waals surface area contributed by atoms with E-state index in [4.69, 9.17) is 5.73 Å². The van der Waals surface area contributed by atoms with Gasteiger partial charge in [0.1, 0.15) is 9.84 Å². The van der Waals surface area contributed by atoms with Crippen LogP contribution in [0.4, 0.5) is 5.69 Å². The molecule has 0 saturated carbocycles. The van der Waals surface area contributed by atoms with Crippen LogP contribution in [-0.4, -0.2) is 41.1 Å². The van der Waals surface area contributed by atoms with Gasteiger partial charge in [-0.25, -0.2) is 16.8 Å². The van der Waals surface area contributed by atoms with Gasteiger partial charge in [0.25, 0.3) is 0 Å². The molecule has 21 heavy (non-hydrogen) atoms. The lowest BCUT2D eigenvalue weighted by Crippen LogP contribution is -2.22. The smallest absolute Gasteiger partial charge is 0.233 e. The summed E-state index contributed by atoms with van der Waals surface area (Å²) in [6, 6.07) is 5.02. The van der Waals surface area contributed by atoms with Crippen molar-refractivity contribution < 1.29 is 16.8 Å². The van der Waals surface area contributed by atoms with Crippen molar-refractivity contribution in [2.45, 2.75) is 6.92 Å². The summed E-state index contributed by atoms with van der Waals surface area (Å²) in [5.41, 5.74) is 7.12. The maximum absolute atomic E-state index is 11.9. The van der Waals surface area contributed by atoms with Crippen LogP contribution >= 0.6 is 0 Å². The second-order valence-corrected chi connectivity index (χ2v) is 8.75. The molecule has 0 unspecified atom stereocenters. The minimum atomic E-state index is -3.72. The zero-order chi connectivity index (χ0) is 16.1. The van der Waals surface area contributed by atoms with Gasteiger partial charge in [0.05, 0.1) is 18.1 Å². The normalized spacial score (nSPS) is 11.6. The SMILES string of the molecule is Cc1cc(C#CCN)cc(NS(=O)(=O)CCS(C)(=O)=O)c1. The summed E-state index contributed by atoms with van der Waals surface area (Å²) in [6.07, 6.45) is 0.996. The molecule has 0 amide bonds. The van der Waals surface area contributed by atoms with E-state index >= 15 is 0 Å². The summed E-state index contributed by atoms with van der Waals surface area (Å²) in [4.78, 5) is 0. The molecule has 1 aromatic rings. The number of hydrogen-bond donors (Lipinski definition) is 2. The number of nitrogens with one attached hydrogen (secondary N) is 1. The third-order valence-corrected chi connectivity index (χ3v) is 4.90. The molecule has 0 heterocycles. The van der Waals surface area contributed by atoms with Gasteiger partial charge in [0, 0.05) is 17.5 Å². The highest BCUT2D eigenvalue weighted by atomic mass is 32.2. The molecular formula is C13H18N2O4S2. The fourth-order valence-electron chi connectivity index (χ4n) is 1.56. The molecule has 116 valence electrons. The van der Waals surface area contributed by atoms with Crippen LogP contribution in [-0.2, 0) is 19.9 Å². The van der Waals surface area contributed by atoms with E-state index in [0.29, 0.717) is 11.3 Å². The average Bonchev–Trinajstić information content (AvgIpc) is 2.32. The van der Waals surface area contributed by atoms with Gasteiger partial charge in [-0.2, -0.15) is 0 Å². The van der Waals surface area contributed by atoms with Gasteiger partial charge in [0.15, 0.2) is 0 Å². The average molecular weight is 330 g/mol. The second kappa shape index (κ2) is 6.93. The molecule has 0 aliphatic carbocycles. The zero-order valence-electron chi connectivity index (χ0n) is 11.9. The lowest BCUT2D eigenvalue weighted by Gasteiger charge is -2.09. The van der Waals surface area contributed by atoms with Gasteiger partial charge in [-0.3, -0.25) is 4.72 Å². The van der Waals surface area contributed by atoms with Crippen molar-refractivity contribution in [2.24, 2.45) is 5.73 Å². The Bertz CT molecular complexity index is 772. The molecule has 0 aliphatic heterocycles. The van der Waals surface area contributed by atoms with E-state index in [-0.39, 0.29) is 6.54 Å². The van der Waals surface area contributed by atoms with Crippen LogP contribution in [0.25, 0.3) is 0 Å². The largest absolute Gasteiger partial charge is 0.320 e. The fourth-order valence-corrected chi connectivity index (χ4v) is 4.23. The summed E-state index contributed by atoms with van der Waals surface area (Å²) < 4.78 is 48.1. The molecule has 6 nitrogen and oxygen atoms in total. The molecule has 8 heteroatoms. The molecular weight excluding hydrogens is 312 g/mol. The number of sulfone groups is 1. The van der Waals surface area contributed by atoms with Crippen molar-refractivity contribution in [2.75, 3.05) is 29.0 Å². The molecule has 0 fully saturated rings.